The van der Waals surface area contributed by atoms with Gasteiger partial charge in [-0.1, -0.05) is 0 Å². The van der Waals surface area contributed by atoms with E-state index in [9.17, 15) is 27.3 Å². The van der Waals surface area contributed by atoms with Crippen LogP contribution < -0.4 is 4.90 Å². The number of nitrogens with zero attached hydrogens (tertiary/aromatic N) is 3. The molecule has 0 heterocycles. The highest BCUT2D eigenvalue weighted by Crippen LogP contribution is 2.31. The minimum absolute atomic E-state index is 0.0449. The Morgan fingerprint density at radius 1 is 1.48 bits per heavy atom. The van der Waals surface area contributed by atoms with E-state index in [1.165, 1.54) is 11.9 Å². The van der Waals surface area contributed by atoms with E-state index in [0.29, 0.717) is 6.07 Å². The highest BCUT2D eigenvalue weighted by molar-refractivity contribution is 7.91. The molecule has 0 fully saturated rings. The molecule has 0 saturated carbocycles. The Kier molecular flexibility index (Phi) is 5.15. The smallest absolute Gasteiger partial charge is 0.341 e. The number of hydrogen-bond acceptors (Lipinski definition) is 6. The molecule has 21 heavy (non-hydrogen) atoms. The van der Waals surface area contributed by atoms with Crippen LogP contribution in [0.1, 0.15) is 6.42 Å². The maximum Gasteiger partial charge on any atom is 0.341 e. The first kappa shape index (κ1) is 16.8. The summed E-state index contributed by atoms with van der Waals surface area (Å²) in [6.45, 7) is 0.179. The lowest BCUT2D eigenvalue weighted by Crippen LogP contribution is -2.20. The van der Waals surface area contributed by atoms with Crippen LogP contribution in [0.5, 0.6) is 0 Å². The number of nitriles is 1. The molecule has 0 unspecified atom stereocenters. The number of hydrogen-bond donors (Lipinski definition) is 0. The van der Waals surface area contributed by atoms with Crippen molar-refractivity contribution < 1.29 is 22.1 Å². The first-order chi connectivity index (χ1) is 9.71. The van der Waals surface area contributed by atoms with Gasteiger partial charge in [-0.25, -0.2) is 8.42 Å². The van der Waals surface area contributed by atoms with Gasteiger partial charge in [0.2, 0.25) is 9.84 Å². The Bertz CT molecular complexity index is 685. The molecule has 0 radical (unpaired) electrons. The van der Waals surface area contributed by atoms with Gasteiger partial charge in [-0.2, -0.15) is 14.0 Å². The van der Waals surface area contributed by atoms with Gasteiger partial charge < -0.3 is 4.90 Å². The predicted molar refractivity (Wildman–Crippen MR) is 69.8 cm³/mol. The summed E-state index contributed by atoms with van der Waals surface area (Å²) in [6, 6.07) is 4.41. The molecule has 1 aromatic carbocycles. The van der Waals surface area contributed by atoms with Crippen LogP contribution in [0.15, 0.2) is 23.1 Å². The number of halogens is 2. The van der Waals surface area contributed by atoms with Crippen LogP contribution in [0.4, 0.5) is 20.2 Å². The van der Waals surface area contributed by atoms with Crippen molar-refractivity contribution in [2.75, 3.05) is 18.5 Å². The average molecular weight is 319 g/mol. The number of nitro benzene ring substituents is 1. The van der Waals surface area contributed by atoms with Gasteiger partial charge in [0, 0.05) is 19.7 Å². The van der Waals surface area contributed by atoms with Crippen LogP contribution in [0.2, 0.25) is 0 Å². The van der Waals surface area contributed by atoms with Crippen molar-refractivity contribution in [1.29, 1.82) is 5.26 Å². The Labute approximate surface area is 119 Å². The van der Waals surface area contributed by atoms with Crippen molar-refractivity contribution in [3.63, 3.8) is 0 Å². The largest absolute Gasteiger partial charge is 0.368 e. The summed E-state index contributed by atoms with van der Waals surface area (Å²) in [5, 5.41) is 19.5. The SMILES string of the molecule is CN(CCC#N)c1ccc(S(=O)(=O)C(F)F)cc1[N+](=O)[O-]. The third kappa shape index (κ3) is 3.63. The third-order valence-electron chi connectivity index (χ3n) is 2.68. The standard InChI is InChI=1S/C11H11F2N3O4S/c1-15(6-2-5-14)9-4-3-8(7-10(9)16(17)18)21(19,20)11(12)13/h3-4,7,11H,2,6H2,1H3. The van der Waals surface area contributed by atoms with E-state index in [1.807, 2.05) is 6.07 Å². The molecule has 1 aromatic rings. The van der Waals surface area contributed by atoms with E-state index < -0.39 is 31.1 Å². The zero-order chi connectivity index (χ0) is 16.2. The normalized spacial score (nSPS) is 11.2. The minimum Gasteiger partial charge on any atom is -0.368 e. The molecule has 10 heteroatoms. The fraction of sp³-hybridized carbons (Fsp3) is 0.364. The lowest BCUT2D eigenvalue weighted by atomic mass is 10.2. The lowest BCUT2D eigenvalue weighted by Gasteiger charge is -2.18. The summed E-state index contributed by atoms with van der Waals surface area (Å²) in [7, 11) is -3.43. The second kappa shape index (κ2) is 6.45. The molecule has 0 saturated heterocycles. The number of nitro groups is 1. The van der Waals surface area contributed by atoms with Crippen LogP contribution in [0, 0.1) is 21.4 Å². The Balaban J connectivity index is 3.33. The molecular weight excluding hydrogens is 308 g/mol. The molecule has 0 aliphatic rings. The third-order valence-corrected chi connectivity index (χ3v) is 4.06. The van der Waals surface area contributed by atoms with Crippen LogP contribution in [-0.2, 0) is 9.84 Å². The molecular formula is C11H11F2N3O4S. The van der Waals surface area contributed by atoms with E-state index in [-0.39, 0.29) is 18.7 Å². The highest BCUT2D eigenvalue weighted by atomic mass is 32.2. The molecule has 114 valence electrons. The molecule has 0 aliphatic heterocycles. The van der Waals surface area contributed by atoms with Gasteiger partial charge in [-0.15, -0.1) is 0 Å². The minimum atomic E-state index is -4.90. The highest BCUT2D eigenvalue weighted by Gasteiger charge is 2.29. The second-order valence-electron chi connectivity index (χ2n) is 4.04. The summed E-state index contributed by atoms with van der Waals surface area (Å²) < 4.78 is 47.6. The van der Waals surface area contributed by atoms with Gasteiger partial charge in [-0.3, -0.25) is 10.1 Å². The molecule has 0 bridgehead atoms. The summed E-state index contributed by atoms with van der Waals surface area (Å²) in [5.41, 5.74) is -0.569. The van der Waals surface area contributed by atoms with E-state index >= 15 is 0 Å². The maximum absolute atomic E-state index is 12.5. The molecule has 0 atom stereocenters. The quantitative estimate of drug-likeness (QED) is 0.586. The predicted octanol–water partition coefficient (Wildman–Crippen LogP) is 1.94. The first-order valence-corrected chi connectivity index (χ1v) is 7.15. The fourth-order valence-electron chi connectivity index (χ4n) is 1.59. The van der Waals surface area contributed by atoms with Crippen molar-refractivity contribution in [3.8, 4) is 6.07 Å². The van der Waals surface area contributed by atoms with Crippen LogP contribution in [0.25, 0.3) is 0 Å². The van der Waals surface area contributed by atoms with E-state index in [4.69, 9.17) is 5.26 Å². The Morgan fingerprint density at radius 3 is 2.57 bits per heavy atom. The van der Waals surface area contributed by atoms with Gasteiger partial charge in [0.15, 0.2) is 0 Å². The van der Waals surface area contributed by atoms with Crippen LogP contribution >= 0.6 is 0 Å². The number of alkyl halides is 2. The molecule has 0 amide bonds. The number of rotatable bonds is 6. The number of anilines is 1. The topological polar surface area (TPSA) is 104 Å². The van der Waals surface area contributed by atoms with Gasteiger partial charge in [-0.05, 0) is 12.1 Å². The zero-order valence-corrected chi connectivity index (χ0v) is 11.7. The molecule has 0 spiro atoms. The molecule has 0 aromatic heterocycles. The van der Waals surface area contributed by atoms with Crippen LogP contribution in [0.3, 0.4) is 0 Å². The van der Waals surface area contributed by atoms with Crippen molar-refractivity contribution in [2.24, 2.45) is 0 Å². The molecule has 0 N–H and O–H groups in total. The van der Waals surface area contributed by atoms with Crippen molar-refractivity contribution in [2.45, 2.75) is 17.1 Å². The molecule has 1 rings (SSSR count). The Hall–Kier alpha value is -2.28. The fourth-order valence-corrected chi connectivity index (χ4v) is 2.33. The summed E-state index contributed by atoms with van der Waals surface area (Å²) in [5.74, 6) is -3.65. The van der Waals surface area contributed by atoms with Crippen LogP contribution in [-0.4, -0.2) is 32.7 Å². The number of sulfone groups is 1. The molecule has 0 aliphatic carbocycles. The van der Waals surface area contributed by atoms with E-state index in [1.54, 1.807) is 0 Å². The number of benzene rings is 1. The second-order valence-corrected chi connectivity index (χ2v) is 5.96. The van der Waals surface area contributed by atoms with E-state index in [2.05, 4.69) is 0 Å². The Morgan fingerprint density at radius 2 is 2.10 bits per heavy atom. The molecule has 7 nitrogen and oxygen atoms in total. The monoisotopic (exact) mass is 319 g/mol. The summed E-state index contributed by atoms with van der Waals surface area (Å²) in [6.07, 6.45) is 0.102. The average Bonchev–Trinajstić information content (AvgIpc) is 2.43. The van der Waals surface area contributed by atoms with Gasteiger partial charge >= 0.3 is 5.76 Å². The van der Waals surface area contributed by atoms with E-state index in [0.717, 1.165) is 12.1 Å². The zero-order valence-electron chi connectivity index (χ0n) is 10.9. The van der Waals surface area contributed by atoms with Gasteiger partial charge in [0.25, 0.3) is 5.69 Å². The summed E-state index contributed by atoms with van der Waals surface area (Å²) >= 11 is 0. The van der Waals surface area contributed by atoms with Crippen molar-refractivity contribution >= 4 is 21.2 Å². The lowest BCUT2D eigenvalue weighted by molar-refractivity contribution is -0.384. The van der Waals surface area contributed by atoms with Crippen molar-refractivity contribution in [3.05, 3.63) is 28.3 Å². The summed E-state index contributed by atoms with van der Waals surface area (Å²) in [4.78, 5) is 10.7. The van der Waals surface area contributed by atoms with Crippen molar-refractivity contribution in [1.82, 2.24) is 0 Å². The first-order valence-electron chi connectivity index (χ1n) is 5.60. The maximum atomic E-state index is 12.5. The van der Waals surface area contributed by atoms with Gasteiger partial charge in [0.05, 0.1) is 22.3 Å². The van der Waals surface area contributed by atoms with Gasteiger partial charge in [0.1, 0.15) is 5.69 Å².